The number of phenolic OH excluding ortho intramolecular Hbond substituents is 1. The van der Waals surface area contributed by atoms with E-state index in [2.05, 4.69) is 5.16 Å². The molecule has 114 valence electrons. The van der Waals surface area contributed by atoms with E-state index < -0.39 is 10.0 Å². The van der Waals surface area contributed by atoms with Gasteiger partial charge in [0.05, 0.1) is 0 Å². The molecule has 21 heavy (non-hydrogen) atoms. The lowest BCUT2D eigenvalue weighted by Gasteiger charge is -2.24. The second-order valence-electron chi connectivity index (χ2n) is 4.97. The summed E-state index contributed by atoms with van der Waals surface area (Å²) in [5, 5.41) is 13.0. The second kappa shape index (κ2) is 5.87. The number of hydrogen-bond donors (Lipinski definition) is 1. The second-order valence-corrected chi connectivity index (χ2v) is 7.00. The quantitative estimate of drug-likeness (QED) is 0.915. The molecule has 1 aromatic carbocycles. The van der Waals surface area contributed by atoms with Crippen LogP contribution in [-0.2, 0) is 15.8 Å². The maximum absolute atomic E-state index is 12.4. The zero-order valence-electron chi connectivity index (χ0n) is 12.1. The molecule has 1 aromatic heterocycles. The minimum Gasteiger partial charge on any atom is -0.508 e. The molecule has 0 bridgehead atoms. The highest BCUT2D eigenvalue weighted by Crippen LogP contribution is 2.24. The molecule has 1 heterocycles. The van der Waals surface area contributed by atoms with Gasteiger partial charge in [-0.15, -0.1) is 0 Å². The first-order valence-electron chi connectivity index (χ1n) is 6.46. The predicted molar refractivity (Wildman–Crippen MR) is 78.1 cm³/mol. The van der Waals surface area contributed by atoms with Gasteiger partial charge >= 0.3 is 0 Å². The summed E-state index contributed by atoms with van der Waals surface area (Å²) < 4.78 is 31.0. The lowest BCUT2D eigenvalue weighted by Crippen LogP contribution is -2.31. The molecule has 0 aliphatic carbocycles. The maximum atomic E-state index is 12.4. The van der Waals surface area contributed by atoms with Crippen molar-refractivity contribution in [2.45, 2.75) is 25.6 Å². The molecule has 6 nitrogen and oxygen atoms in total. The minimum atomic E-state index is -3.51. The van der Waals surface area contributed by atoms with Crippen LogP contribution in [0.3, 0.4) is 0 Å². The van der Waals surface area contributed by atoms with Gasteiger partial charge in [-0.2, -0.15) is 4.31 Å². The molecule has 2 rings (SSSR count). The van der Waals surface area contributed by atoms with Crippen LogP contribution >= 0.6 is 0 Å². The Balaban J connectivity index is 2.17. The fraction of sp³-hybridized carbons (Fsp3) is 0.357. The first-order valence-corrected chi connectivity index (χ1v) is 8.07. The number of aromatic nitrogens is 1. The SMILES string of the molecule is Cc1cc(CS(=O)(=O)N(C)C(C)c2ccc(O)cc2)no1. The lowest BCUT2D eigenvalue weighted by molar-refractivity contribution is 0.385. The molecule has 0 spiro atoms. The smallest absolute Gasteiger partial charge is 0.220 e. The Morgan fingerprint density at radius 3 is 2.48 bits per heavy atom. The average Bonchev–Trinajstić information content (AvgIpc) is 2.82. The van der Waals surface area contributed by atoms with Gasteiger partial charge in [0.25, 0.3) is 0 Å². The first kappa shape index (κ1) is 15.5. The van der Waals surface area contributed by atoms with E-state index in [1.165, 1.54) is 23.5 Å². The topological polar surface area (TPSA) is 83.6 Å². The van der Waals surface area contributed by atoms with E-state index in [-0.39, 0.29) is 17.5 Å². The monoisotopic (exact) mass is 310 g/mol. The molecule has 7 heteroatoms. The highest BCUT2D eigenvalue weighted by atomic mass is 32.2. The number of phenols is 1. The van der Waals surface area contributed by atoms with E-state index in [9.17, 15) is 13.5 Å². The van der Waals surface area contributed by atoms with Gasteiger partial charge in [0, 0.05) is 19.2 Å². The van der Waals surface area contributed by atoms with Crippen molar-refractivity contribution in [2.24, 2.45) is 0 Å². The van der Waals surface area contributed by atoms with Crippen molar-refractivity contribution in [1.29, 1.82) is 0 Å². The Morgan fingerprint density at radius 1 is 1.33 bits per heavy atom. The van der Waals surface area contributed by atoms with Crippen molar-refractivity contribution in [1.82, 2.24) is 9.46 Å². The van der Waals surface area contributed by atoms with Crippen LogP contribution in [0, 0.1) is 6.92 Å². The summed E-state index contributed by atoms with van der Waals surface area (Å²) in [7, 11) is -1.98. The summed E-state index contributed by atoms with van der Waals surface area (Å²) in [4.78, 5) is 0. The molecular formula is C14H18N2O4S. The van der Waals surface area contributed by atoms with E-state index in [1.807, 2.05) is 0 Å². The molecule has 0 aliphatic rings. The Bertz CT molecular complexity index is 707. The normalized spacial score (nSPS) is 13.5. The number of aryl methyl sites for hydroxylation is 1. The van der Waals surface area contributed by atoms with E-state index in [4.69, 9.17) is 4.52 Å². The third-order valence-corrected chi connectivity index (χ3v) is 5.22. The fourth-order valence-electron chi connectivity index (χ4n) is 1.98. The van der Waals surface area contributed by atoms with Crippen molar-refractivity contribution in [3.05, 3.63) is 47.3 Å². The van der Waals surface area contributed by atoms with Gasteiger partial charge in [-0.05, 0) is 31.5 Å². The summed E-state index contributed by atoms with van der Waals surface area (Å²) in [6.07, 6.45) is 0. The van der Waals surface area contributed by atoms with Gasteiger partial charge in [-0.25, -0.2) is 8.42 Å². The number of nitrogens with zero attached hydrogens (tertiary/aromatic N) is 2. The van der Waals surface area contributed by atoms with Crippen LogP contribution in [0.1, 0.15) is 30.0 Å². The third kappa shape index (κ3) is 3.62. The highest BCUT2D eigenvalue weighted by molar-refractivity contribution is 7.88. The van der Waals surface area contributed by atoms with Gasteiger partial charge in [0.1, 0.15) is 23.0 Å². The van der Waals surface area contributed by atoms with Gasteiger partial charge in [-0.1, -0.05) is 17.3 Å². The number of benzene rings is 1. The van der Waals surface area contributed by atoms with Gasteiger partial charge in [0.2, 0.25) is 10.0 Å². The average molecular weight is 310 g/mol. The van der Waals surface area contributed by atoms with Crippen molar-refractivity contribution in [3.63, 3.8) is 0 Å². The predicted octanol–water partition coefficient (Wildman–Crippen LogP) is 2.21. The van der Waals surface area contributed by atoms with Crippen LogP contribution in [0.25, 0.3) is 0 Å². The molecule has 0 fully saturated rings. The van der Waals surface area contributed by atoms with Crippen LogP contribution in [0.15, 0.2) is 34.9 Å². The van der Waals surface area contributed by atoms with Crippen LogP contribution < -0.4 is 0 Å². The summed E-state index contributed by atoms with van der Waals surface area (Å²) in [6.45, 7) is 3.50. The van der Waals surface area contributed by atoms with Gasteiger partial charge in [0.15, 0.2) is 0 Å². The molecule has 1 N–H and O–H groups in total. The van der Waals surface area contributed by atoms with E-state index >= 15 is 0 Å². The van der Waals surface area contributed by atoms with Crippen LogP contribution in [0.4, 0.5) is 0 Å². The Labute approximate surface area is 124 Å². The van der Waals surface area contributed by atoms with Crippen molar-refractivity contribution in [3.8, 4) is 5.75 Å². The molecule has 2 aromatic rings. The fourth-order valence-corrected chi connectivity index (χ4v) is 3.30. The number of aromatic hydroxyl groups is 1. The first-order chi connectivity index (χ1) is 9.79. The molecule has 0 saturated carbocycles. The summed E-state index contributed by atoms with van der Waals surface area (Å²) in [5.41, 5.74) is 1.19. The van der Waals surface area contributed by atoms with E-state index in [1.54, 1.807) is 32.0 Å². The van der Waals surface area contributed by atoms with Gasteiger partial charge < -0.3 is 9.63 Å². The molecule has 0 aliphatic heterocycles. The molecule has 1 atom stereocenters. The minimum absolute atomic E-state index is 0.148. The largest absolute Gasteiger partial charge is 0.508 e. The number of hydrogen-bond acceptors (Lipinski definition) is 5. The third-order valence-electron chi connectivity index (χ3n) is 3.37. The maximum Gasteiger partial charge on any atom is 0.220 e. The van der Waals surface area contributed by atoms with E-state index in [0.717, 1.165) is 5.56 Å². The van der Waals surface area contributed by atoms with Crippen molar-refractivity contribution in [2.75, 3.05) is 7.05 Å². The summed E-state index contributed by atoms with van der Waals surface area (Å²) >= 11 is 0. The number of sulfonamides is 1. The molecule has 1 unspecified atom stereocenters. The Hall–Kier alpha value is -1.86. The Morgan fingerprint density at radius 2 is 1.95 bits per heavy atom. The molecular weight excluding hydrogens is 292 g/mol. The van der Waals surface area contributed by atoms with E-state index in [0.29, 0.717) is 11.5 Å². The zero-order chi connectivity index (χ0) is 15.6. The summed E-state index contributed by atoms with van der Waals surface area (Å²) in [6, 6.07) is 7.74. The van der Waals surface area contributed by atoms with Crippen LogP contribution in [-0.4, -0.2) is 30.0 Å². The zero-order valence-corrected chi connectivity index (χ0v) is 13.0. The molecule has 0 radical (unpaired) electrons. The summed E-state index contributed by atoms with van der Waals surface area (Å²) in [5.74, 6) is 0.521. The number of rotatable bonds is 5. The highest BCUT2D eigenvalue weighted by Gasteiger charge is 2.25. The molecule has 0 saturated heterocycles. The van der Waals surface area contributed by atoms with Gasteiger partial charge in [-0.3, -0.25) is 0 Å². The van der Waals surface area contributed by atoms with Crippen molar-refractivity contribution >= 4 is 10.0 Å². The molecule has 0 amide bonds. The van der Waals surface area contributed by atoms with Crippen LogP contribution in [0.5, 0.6) is 5.75 Å². The van der Waals surface area contributed by atoms with Crippen LogP contribution in [0.2, 0.25) is 0 Å². The Kier molecular flexibility index (Phi) is 4.34. The standard InChI is InChI=1S/C14H18N2O4S/c1-10-8-13(15-20-10)9-21(18,19)16(3)11(2)12-4-6-14(17)7-5-12/h4-8,11,17H,9H2,1-3H3. The lowest BCUT2D eigenvalue weighted by atomic mass is 10.1. The van der Waals surface area contributed by atoms with Crippen molar-refractivity contribution < 1.29 is 18.0 Å².